The minimum Gasteiger partial charge on any atom is -0.398 e. The third-order valence-corrected chi connectivity index (χ3v) is 3.49. The summed E-state index contributed by atoms with van der Waals surface area (Å²) >= 11 is 6.04. The first-order valence-corrected chi connectivity index (χ1v) is 6.96. The van der Waals surface area contributed by atoms with Crippen LogP contribution in [0.2, 0.25) is 5.02 Å². The number of hydrogen-bond acceptors (Lipinski definition) is 3. The number of benzene rings is 1. The average molecular weight is 266 g/mol. The standard InChI is InChI=1S/C14H20ClN3/c1-2-14(17-18-8-4-3-5-9-18)12-10-11(15)6-7-13(12)16/h6-7,10H,2-5,8-9,16H2,1H3/b17-14+. The van der Waals surface area contributed by atoms with Crippen molar-refractivity contribution in [1.29, 1.82) is 0 Å². The second-order valence-corrected chi connectivity index (χ2v) is 5.08. The molecule has 2 rings (SSSR count). The second kappa shape index (κ2) is 6.10. The van der Waals surface area contributed by atoms with Gasteiger partial charge in [-0.15, -0.1) is 0 Å². The topological polar surface area (TPSA) is 41.6 Å². The van der Waals surface area contributed by atoms with E-state index in [0.717, 1.165) is 36.5 Å². The summed E-state index contributed by atoms with van der Waals surface area (Å²) in [5.74, 6) is 0. The van der Waals surface area contributed by atoms with Crippen LogP contribution in [0, 0.1) is 0 Å². The summed E-state index contributed by atoms with van der Waals surface area (Å²) < 4.78 is 0. The Balaban J connectivity index is 2.26. The number of piperidine rings is 1. The van der Waals surface area contributed by atoms with Crippen molar-refractivity contribution in [2.45, 2.75) is 32.6 Å². The highest BCUT2D eigenvalue weighted by atomic mass is 35.5. The van der Waals surface area contributed by atoms with Gasteiger partial charge in [-0.05, 0) is 43.9 Å². The van der Waals surface area contributed by atoms with Crippen LogP contribution in [-0.2, 0) is 0 Å². The molecule has 1 aliphatic rings. The van der Waals surface area contributed by atoms with Gasteiger partial charge in [0.2, 0.25) is 0 Å². The maximum atomic E-state index is 6.04. The highest BCUT2D eigenvalue weighted by Crippen LogP contribution is 2.21. The van der Waals surface area contributed by atoms with Crippen LogP contribution in [0.15, 0.2) is 23.3 Å². The lowest BCUT2D eigenvalue weighted by atomic mass is 10.1. The van der Waals surface area contributed by atoms with Crippen LogP contribution >= 0.6 is 11.6 Å². The first-order chi connectivity index (χ1) is 8.70. The zero-order valence-electron chi connectivity index (χ0n) is 10.8. The summed E-state index contributed by atoms with van der Waals surface area (Å²) in [6.07, 6.45) is 4.63. The zero-order chi connectivity index (χ0) is 13.0. The molecule has 1 fully saturated rings. The maximum Gasteiger partial charge on any atom is 0.0696 e. The van der Waals surface area contributed by atoms with Crippen LogP contribution < -0.4 is 5.73 Å². The lowest BCUT2D eigenvalue weighted by Crippen LogP contribution is -2.26. The normalized spacial score (nSPS) is 17.0. The largest absolute Gasteiger partial charge is 0.398 e. The van der Waals surface area contributed by atoms with Crippen LogP contribution in [0.3, 0.4) is 0 Å². The van der Waals surface area contributed by atoms with E-state index >= 15 is 0 Å². The monoisotopic (exact) mass is 265 g/mol. The summed E-state index contributed by atoms with van der Waals surface area (Å²) in [5.41, 5.74) is 8.75. The van der Waals surface area contributed by atoms with Crippen molar-refractivity contribution in [1.82, 2.24) is 5.01 Å². The first-order valence-electron chi connectivity index (χ1n) is 6.58. The Kier molecular flexibility index (Phi) is 4.48. The fraction of sp³-hybridized carbons (Fsp3) is 0.500. The van der Waals surface area contributed by atoms with Crippen molar-refractivity contribution in [3.8, 4) is 0 Å². The predicted molar refractivity (Wildman–Crippen MR) is 78.1 cm³/mol. The lowest BCUT2D eigenvalue weighted by molar-refractivity contribution is 0.239. The van der Waals surface area contributed by atoms with E-state index in [1.54, 1.807) is 0 Å². The van der Waals surface area contributed by atoms with E-state index in [2.05, 4.69) is 11.9 Å². The number of halogens is 1. The number of nitrogens with zero attached hydrogens (tertiary/aromatic N) is 2. The molecule has 0 aromatic heterocycles. The fourth-order valence-electron chi connectivity index (χ4n) is 2.24. The third kappa shape index (κ3) is 3.16. The van der Waals surface area contributed by atoms with Gasteiger partial charge in [-0.1, -0.05) is 18.5 Å². The summed E-state index contributed by atoms with van der Waals surface area (Å²) in [6.45, 7) is 4.19. The van der Waals surface area contributed by atoms with Crippen LogP contribution in [0.1, 0.15) is 38.2 Å². The molecule has 1 saturated heterocycles. The van der Waals surface area contributed by atoms with Gasteiger partial charge in [0.25, 0.3) is 0 Å². The van der Waals surface area contributed by atoms with E-state index in [1.807, 2.05) is 18.2 Å². The number of nitrogens with two attached hydrogens (primary N) is 1. The van der Waals surface area contributed by atoms with Crippen molar-refractivity contribution in [3.63, 3.8) is 0 Å². The van der Waals surface area contributed by atoms with Crippen molar-refractivity contribution in [2.24, 2.45) is 5.10 Å². The molecule has 1 heterocycles. The van der Waals surface area contributed by atoms with E-state index in [9.17, 15) is 0 Å². The predicted octanol–water partition coefficient (Wildman–Crippen LogP) is 3.52. The molecule has 18 heavy (non-hydrogen) atoms. The molecule has 98 valence electrons. The number of nitrogen functional groups attached to an aromatic ring is 1. The Bertz CT molecular complexity index is 437. The van der Waals surface area contributed by atoms with Crippen molar-refractivity contribution in [2.75, 3.05) is 18.8 Å². The first kappa shape index (κ1) is 13.2. The second-order valence-electron chi connectivity index (χ2n) is 4.65. The molecule has 1 aromatic rings. The molecule has 3 nitrogen and oxygen atoms in total. The Morgan fingerprint density at radius 3 is 2.72 bits per heavy atom. The Morgan fingerprint density at radius 2 is 2.06 bits per heavy atom. The van der Waals surface area contributed by atoms with Gasteiger partial charge < -0.3 is 5.73 Å². The SMILES string of the molecule is CC/C(=N\N1CCCCC1)c1cc(Cl)ccc1N. The van der Waals surface area contributed by atoms with Crippen molar-refractivity contribution >= 4 is 23.0 Å². The number of hydrazone groups is 1. The van der Waals surface area contributed by atoms with Gasteiger partial charge in [0.1, 0.15) is 0 Å². The highest BCUT2D eigenvalue weighted by Gasteiger charge is 2.11. The Labute approximate surface area is 114 Å². The molecule has 0 spiro atoms. The van der Waals surface area contributed by atoms with Crippen LogP contribution in [0.25, 0.3) is 0 Å². The van der Waals surface area contributed by atoms with Gasteiger partial charge in [-0.2, -0.15) is 5.10 Å². The number of hydrogen-bond donors (Lipinski definition) is 1. The van der Waals surface area contributed by atoms with Gasteiger partial charge in [0.05, 0.1) is 5.71 Å². The lowest BCUT2D eigenvalue weighted by Gasteiger charge is -2.25. The molecule has 1 aromatic carbocycles. The molecule has 2 N–H and O–H groups in total. The third-order valence-electron chi connectivity index (χ3n) is 3.26. The molecular weight excluding hydrogens is 246 g/mol. The highest BCUT2D eigenvalue weighted by molar-refractivity contribution is 6.31. The van der Waals surface area contributed by atoms with Gasteiger partial charge >= 0.3 is 0 Å². The van der Waals surface area contributed by atoms with Gasteiger partial charge in [-0.3, -0.25) is 5.01 Å². The van der Waals surface area contributed by atoms with E-state index in [1.165, 1.54) is 19.3 Å². The van der Waals surface area contributed by atoms with Crippen LogP contribution in [0.5, 0.6) is 0 Å². The molecule has 0 aliphatic carbocycles. The minimum atomic E-state index is 0.707. The molecule has 0 radical (unpaired) electrons. The minimum absolute atomic E-state index is 0.707. The summed E-state index contributed by atoms with van der Waals surface area (Å²) in [6, 6.07) is 5.57. The molecule has 0 saturated carbocycles. The van der Waals surface area contributed by atoms with Crippen LogP contribution in [-0.4, -0.2) is 23.8 Å². The fourth-order valence-corrected chi connectivity index (χ4v) is 2.41. The molecule has 1 aliphatic heterocycles. The summed E-state index contributed by atoms with van der Waals surface area (Å²) in [4.78, 5) is 0. The summed E-state index contributed by atoms with van der Waals surface area (Å²) in [5, 5.41) is 7.60. The molecule has 0 amide bonds. The number of rotatable bonds is 3. The average Bonchev–Trinajstić information content (AvgIpc) is 2.40. The van der Waals surface area contributed by atoms with E-state index in [0.29, 0.717) is 5.02 Å². The van der Waals surface area contributed by atoms with Crippen LogP contribution in [0.4, 0.5) is 5.69 Å². The Morgan fingerprint density at radius 1 is 1.33 bits per heavy atom. The molecule has 0 unspecified atom stereocenters. The van der Waals surface area contributed by atoms with Gasteiger partial charge in [-0.25, -0.2) is 0 Å². The van der Waals surface area contributed by atoms with Crippen molar-refractivity contribution in [3.05, 3.63) is 28.8 Å². The quantitative estimate of drug-likeness (QED) is 0.671. The zero-order valence-corrected chi connectivity index (χ0v) is 11.6. The van der Waals surface area contributed by atoms with E-state index in [4.69, 9.17) is 22.4 Å². The van der Waals surface area contributed by atoms with Gasteiger partial charge in [0.15, 0.2) is 0 Å². The molecular formula is C14H20ClN3. The van der Waals surface area contributed by atoms with Crippen molar-refractivity contribution < 1.29 is 0 Å². The Hall–Kier alpha value is -1.22. The molecule has 0 bridgehead atoms. The van der Waals surface area contributed by atoms with Gasteiger partial charge in [0, 0.05) is 29.4 Å². The number of anilines is 1. The smallest absolute Gasteiger partial charge is 0.0696 e. The maximum absolute atomic E-state index is 6.04. The van der Waals surface area contributed by atoms with E-state index < -0.39 is 0 Å². The van der Waals surface area contributed by atoms with E-state index in [-0.39, 0.29) is 0 Å². The molecule has 4 heteroatoms. The molecule has 0 atom stereocenters. The summed E-state index contributed by atoms with van der Waals surface area (Å²) in [7, 11) is 0.